The van der Waals surface area contributed by atoms with Gasteiger partial charge >= 0.3 is 0 Å². The molecule has 0 aliphatic carbocycles. The molecule has 0 spiro atoms. The molecule has 2 atom stereocenters. The fourth-order valence-corrected chi connectivity index (χ4v) is 2.14. The second-order valence-electron chi connectivity index (χ2n) is 5.18. The number of anilines is 1. The fraction of sp³-hybridized carbons (Fsp3) is 0.600. The van der Waals surface area contributed by atoms with Crippen LogP contribution in [0.4, 0.5) is 5.69 Å². The maximum atomic E-state index is 5.62. The maximum Gasteiger partial charge on any atom is 0.0933 e. The summed E-state index contributed by atoms with van der Waals surface area (Å²) < 4.78 is 11.0. The molecule has 1 aromatic rings. The Morgan fingerprint density at radius 3 is 2.58 bits per heavy atom. The number of nitrogens with zero attached hydrogens (tertiary/aromatic N) is 1. The van der Waals surface area contributed by atoms with E-state index in [2.05, 4.69) is 55.5 Å². The van der Waals surface area contributed by atoms with Crippen molar-refractivity contribution in [2.45, 2.75) is 19.1 Å². The van der Waals surface area contributed by atoms with E-state index in [1.807, 2.05) is 0 Å². The molecule has 4 heteroatoms. The number of nitrogens with one attached hydrogen (secondary N) is 1. The van der Waals surface area contributed by atoms with Crippen molar-refractivity contribution in [3.8, 4) is 0 Å². The quantitative estimate of drug-likeness (QED) is 0.879. The van der Waals surface area contributed by atoms with Crippen LogP contribution in [0.3, 0.4) is 0 Å². The fourth-order valence-electron chi connectivity index (χ4n) is 2.14. The van der Waals surface area contributed by atoms with Crippen molar-refractivity contribution in [1.29, 1.82) is 0 Å². The molecule has 4 nitrogen and oxygen atoms in total. The summed E-state index contributed by atoms with van der Waals surface area (Å²) in [5.74, 6) is 0. The van der Waals surface area contributed by atoms with Gasteiger partial charge in [-0.2, -0.15) is 0 Å². The Balaban J connectivity index is 1.83. The first-order chi connectivity index (χ1) is 9.16. The van der Waals surface area contributed by atoms with E-state index >= 15 is 0 Å². The van der Waals surface area contributed by atoms with E-state index in [4.69, 9.17) is 9.47 Å². The van der Waals surface area contributed by atoms with Crippen LogP contribution < -0.4 is 10.2 Å². The van der Waals surface area contributed by atoms with Crippen LogP contribution in [0, 0.1) is 0 Å². The zero-order valence-corrected chi connectivity index (χ0v) is 12.1. The molecule has 1 aliphatic heterocycles. The van der Waals surface area contributed by atoms with Crippen molar-refractivity contribution < 1.29 is 9.47 Å². The van der Waals surface area contributed by atoms with Crippen LogP contribution in [0.2, 0.25) is 0 Å². The number of hydrogen-bond acceptors (Lipinski definition) is 4. The Bertz CT molecular complexity index is 372. The average molecular weight is 264 g/mol. The van der Waals surface area contributed by atoms with Crippen LogP contribution in [0.15, 0.2) is 24.3 Å². The highest BCUT2D eigenvalue weighted by Crippen LogP contribution is 2.17. The first-order valence-electron chi connectivity index (χ1n) is 6.87. The molecule has 1 aliphatic rings. The Hall–Kier alpha value is -1.10. The molecule has 0 bridgehead atoms. The number of benzene rings is 1. The van der Waals surface area contributed by atoms with Gasteiger partial charge in [-0.25, -0.2) is 0 Å². The van der Waals surface area contributed by atoms with Crippen LogP contribution in [0.5, 0.6) is 0 Å². The largest absolute Gasteiger partial charge is 0.378 e. The Morgan fingerprint density at radius 1 is 1.26 bits per heavy atom. The molecule has 1 heterocycles. The molecule has 2 unspecified atom stereocenters. The van der Waals surface area contributed by atoms with E-state index < -0.39 is 0 Å². The SMILES string of the molecule is CC(NCC1COCCO1)c1ccc(N(C)C)cc1. The normalized spacial score (nSPS) is 21.1. The van der Waals surface area contributed by atoms with Gasteiger partial charge < -0.3 is 19.7 Å². The molecule has 0 aromatic heterocycles. The van der Waals surface area contributed by atoms with E-state index in [0.29, 0.717) is 19.3 Å². The highest BCUT2D eigenvalue weighted by Gasteiger charge is 2.15. The van der Waals surface area contributed by atoms with Crippen LogP contribution in [0.1, 0.15) is 18.5 Å². The topological polar surface area (TPSA) is 33.7 Å². The zero-order chi connectivity index (χ0) is 13.7. The first-order valence-corrected chi connectivity index (χ1v) is 6.87. The molecule has 106 valence electrons. The molecule has 1 aromatic carbocycles. The lowest BCUT2D eigenvalue weighted by atomic mass is 10.1. The van der Waals surface area contributed by atoms with Gasteiger partial charge in [0.15, 0.2) is 0 Å². The summed E-state index contributed by atoms with van der Waals surface area (Å²) in [4.78, 5) is 2.11. The van der Waals surface area contributed by atoms with Gasteiger partial charge in [-0.1, -0.05) is 12.1 Å². The number of ether oxygens (including phenoxy) is 2. The summed E-state index contributed by atoms with van der Waals surface area (Å²) >= 11 is 0. The molecule has 1 fully saturated rings. The molecule has 0 radical (unpaired) electrons. The molecule has 2 rings (SSSR count). The lowest BCUT2D eigenvalue weighted by Gasteiger charge is -2.25. The molecule has 0 amide bonds. The highest BCUT2D eigenvalue weighted by molar-refractivity contribution is 5.46. The van der Waals surface area contributed by atoms with E-state index in [1.54, 1.807) is 0 Å². The summed E-state index contributed by atoms with van der Waals surface area (Å²) in [5, 5.41) is 3.50. The van der Waals surface area contributed by atoms with Crippen molar-refractivity contribution in [1.82, 2.24) is 5.32 Å². The number of hydrogen-bond donors (Lipinski definition) is 1. The predicted molar refractivity (Wildman–Crippen MR) is 77.7 cm³/mol. The third-order valence-electron chi connectivity index (χ3n) is 3.45. The van der Waals surface area contributed by atoms with Crippen LogP contribution in [-0.4, -0.2) is 46.6 Å². The van der Waals surface area contributed by atoms with Gasteiger partial charge in [0.1, 0.15) is 0 Å². The molecule has 1 N–H and O–H groups in total. The van der Waals surface area contributed by atoms with Crippen molar-refractivity contribution in [3.63, 3.8) is 0 Å². The Labute approximate surface area is 115 Å². The van der Waals surface area contributed by atoms with Gasteiger partial charge in [0.05, 0.1) is 25.9 Å². The molecule has 1 saturated heterocycles. The van der Waals surface area contributed by atoms with Crippen molar-refractivity contribution in [2.24, 2.45) is 0 Å². The summed E-state index contributed by atoms with van der Waals surface area (Å²) in [6.45, 7) is 5.13. The van der Waals surface area contributed by atoms with Gasteiger partial charge in [0.2, 0.25) is 0 Å². The molecular formula is C15H24N2O2. The smallest absolute Gasteiger partial charge is 0.0933 e. The monoisotopic (exact) mass is 264 g/mol. The van der Waals surface area contributed by atoms with E-state index in [1.165, 1.54) is 11.3 Å². The molecule has 19 heavy (non-hydrogen) atoms. The highest BCUT2D eigenvalue weighted by atomic mass is 16.6. The van der Waals surface area contributed by atoms with Gasteiger partial charge in [0.25, 0.3) is 0 Å². The van der Waals surface area contributed by atoms with Gasteiger partial charge in [-0.05, 0) is 24.6 Å². The van der Waals surface area contributed by atoms with Crippen LogP contribution in [0.25, 0.3) is 0 Å². The number of rotatable bonds is 5. The summed E-state index contributed by atoms with van der Waals surface area (Å²) in [5.41, 5.74) is 2.52. The van der Waals surface area contributed by atoms with Crippen molar-refractivity contribution in [3.05, 3.63) is 29.8 Å². The van der Waals surface area contributed by atoms with Crippen LogP contribution in [-0.2, 0) is 9.47 Å². The molecule has 0 saturated carbocycles. The van der Waals surface area contributed by atoms with Gasteiger partial charge in [-0.3, -0.25) is 0 Å². The first kappa shape index (κ1) is 14.3. The second kappa shape index (κ2) is 6.89. The van der Waals surface area contributed by atoms with Gasteiger partial charge in [0, 0.05) is 32.4 Å². The zero-order valence-electron chi connectivity index (χ0n) is 12.1. The summed E-state index contributed by atoms with van der Waals surface area (Å²) in [6.07, 6.45) is 0.178. The third kappa shape index (κ3) is 4.20. The lowest BCUT2D eigenvalue weighted by molar-refractivity contribution is -0.0869. The van der Waals surface area contributed by atoms with Crippen molar-refractivity contribution in [2.75, 3.05) is 45.4 Å². The standard InChI is InChI=1S/C15H24N2O2/c1-12(16-10-15-11-18-8-9-19-15)13-4-6-14(7-5-13)17(2)3/h4-7,12,15-16H,8-11H2,1-3H3. The maximum absolute atomic E-state index is 5.62. The second-order valence-corrected chi connectivity index (χ2v) is 5.18. The van der Waals surface area contributed by atoms with E-state index in [-0.39, 0.29) is 6.10 Å². The minimum Gasteiger partial charge on any atom is -0.378 e. The van der Waals surface area contributed by atoms with E-state index in [9.17, 15) is 0 Å². The Morgan fingerprint density at radius 2 is 2.00 bits per heavy atom. The third-order valence-corrected chi connectivity index (χ3v) is 3.45. The average Bonchev–Trinajstić information content (AvgIpc) is 2.46. The minimum absolute atomic E-state index is 0.178. The summed E-state index contributed by atoms with van der Waals surface area (Å²) in [7, 11) is 4.11. The predicted octanol–water partition coefficient (Wildman–Crippen LogP) is 1.82. The van der Waals surface area contributed by atoms with Crippen LogP contribution >= 0.6 is 0 Å². The summed E-state index contributed by atoms with van der Waals surface area (Å²) in [6, 6.07) is 8.96. The lowest BCUT2D eigenvalue weighted by Crippen LogP contribution is -2.38. The Kier molecular flexibility index (Phi) is 5.19. The minimum atomic E-state index is 0.178. The van der Waals surface area contributed by atoms with Crippen molar-refractivity contribution >= 4 is 5.69 Å². The van der Waals surface area contributed by atoms with Gasteiger partial charge in [-0.15, -0.1) is 0 Å². The molecular weight excluding hydrogens is 240 g/mol. The van der Waals surface area contributed by atoms with E-state index in [0.717, 1.165) is 13.2 Å².